The molecule has 1 aromatic carbocycles. The number of Topliss-reactive ketones (excluding diaryl/α,β-unsaturated/α-hetero) is 1. The quantitative estimate of drug-likeness (QED) is 0.901. The molecule has 2 rings (SSSR count). The number of amides is 1. The molecule has 1 heterocycles. The molecule has 2 unspecified atom stereocenters. The largest absolute Gasteiger partial charge is 0.465 e. The van der Waals surface area contributed by atoms with Gasteiger partial charge < -0.3 is 5.11 Å². The minimum absolute atomic E-state index is 0.00210. The van der Waals surface area contributed by atoms with Gasteiger partial charge in [-0.1, -0.05) is 25.5 Å². The van der Waals surface area contributed by atoms with E-state index in [0.717, 1.165) is 18.6 Å². The van der Waals surface area contributed by atoms with E-state index in [4.69, 9.17) is 0 Å². The number of carbonyl (C=O) groups is 2. The Morgan fingerprint density at radius 2 is 1.87 bits per heavy atom. The Morgan fingerprint density at radius 3 is 2.35 bits per heavy atom. The van der Waals surface area contributed by atoms with Crippen molar-refractivity contribution in [3.8, 4) is 0 Å². The Hall–Kier alpha value is -2.05. The molecule has 1 aromatic rings. The zero-order valence-corrected chi connectivity index (χ0v) is 12.6. The molecule has 1 N–H and O–H groups in total. The molecule has 1 fully saturated rings. The van der Waals surface area contributed by atoms with E-state index in [1.807, 2.05) is 6.92 Å². The number of ketones is 1. The maximum atomic E-state index is 12.6. The van der Waals surface area contributed by atoms with E-state index in [0.29, 0.717) is 12.0 Å². The molecule has 1 aliphatic heterocycles. The summed E-state index contributed by atoms with van der Waals surface area (Å²) in [5.74, 6) is -0.0640. The molecule has 1 aliphatic rings. The molecule has 0 aromatic heterocycles. The number of piperidine rings is 1. The number of hydrogen-bond acceptors (Lipinski definition) is 2. The molecule has 0 bridgehead atoms. The number of benzene rings is 1. The van der Waals surface area contributed by atoms with Gasteiger partial charge in [0.25, 0.3) is 0 Å². The molecule has 0 saturated carbocycles. The number of rotatable bonds is 3. The van der Waals surface area contributed by atoms with Crippen LogP contribution in [0.15, 0.2) is 24.3 Å². The first kappa shape index (κ1) is 17.3. The lowest BCUT2D eigenvalue weighted by Crippen LogP contribution is -2.47. The van der Waals surface area contributed by atoms with Crippen LogP contribution in [0.2, 0.25) is 0 Å². The number of hydrogen-bond donors (Lipinski definition) is 1. The average Bonchev–Trinajstić information content (AvgIpc) is 2.45. The van der Waals surface area contributed by atoms with Crippen LogP contribution in [-0.2, 0) is 11.0 Å². The van der Waals surface area contributed by atoms with Crippen LogP contribution >= 0.6 is 0 Å². The van der Waals surface area contributed by atoms with Gasteiger partial charge in [-0.3, -0.25) is 9.69 Å². The summed E-state index contributed by atoms with van der Waals surface area (Å²) in [7, 11) is 0. The van der Waals surface area contributed by atoms with Crippen LogP contribution < -0.4 is 0 Å². The van der Waals surface area contributed by atoms with Crippen molar-refractivity contribution < 1.29 is 27.9 Å². The van der Waals surface area contributed by atoms with Gasteiger partial charge in [0.1, 0.15) is 5.78 Å². The lowest BCUT2D eigenvalue weighted by molar-refractivity contribution is -0.137. The van der Waals surface area contributed by atoms with Crippen LogP contribution in [0.3, 0.4) is 0 Å². The van der Waals surface area contributed by atoms with E-state index in [1.54, 1.807) is 0 Å². The second-order valence-corrected chi connectivity index (χ2v) is 5.71. The van der Waals surface area contributed by atoms with Gasteiger partial charge in [0, 0.05) is 18.9 Å². The fraction of sp³-hybridized carbons (Fsp3) is 0.500. The number of nitrogens with zero attached hydrogens (tertiary/aromatic N) is 1. The number of halogens is 3. The fourth-order valence-electron chi connectivity index (χ4n) is 3.05. The van der Waals surface area contributed by atoms with E-state index in [9.17, 15) is 27.9 Å². The van der Waals surface area contributed by atoms with E-state index in [1.165, 1.54) is 17.0 Å². The standard InChI is InChI=1S/C16H18F3NO3/c1-2-3-12-8-13(21)9-14(20(12)15(22)23)10-4-6-11(7-5-10)16(17,18)19/h4-7,12,14H,2-3,8-9H2,1H3,(H,22,23). The second-order valence-electron chi connectivity index (χ2n) is 5.71. The van der Waals surface area contributed by atoms with Crippen molar-refractivity contribution in [2.45, 2.75) is 50.9 Å². The van der Waals surface area contributed by atoms with Gasteiger partial charge in [-0.15, -0.1) is 0 Å². The van der Waals surface area contributed by atoms with E-state index < -0.39 is 29.9 Å². The summed E-state index contributed by atoms with van der Waals surface area (Å²) in [6.45, 7) is 1.90. The number of likely N-dealkylation sites (tertiary alicyclic amines) is 1. The number of carboxylic acid groups (broad SMARTS) is 1. The molecule has 4 nitrogen and oxygen atoms in total. The zero-order valence-electron chi connectivity index (χ0n) is 12.6. The predicted molar refractivity (Wildman–Crippen MR) is 77.0 cm³/mol. The molecule has 2 atom stereocenters. The van der Waals surface area contributed by atoms with E-state index in [-0.39, 0.29) is 18.6 Å². The minimum atomic E-state index is -4.45. The fourth-order valence-corrected chi connectivity index (χ4v) is 3.05. The lowest BCUT2D eigenvalue weighted by Gasteiger charge is -2.40. The Labute approximate surface area is 131 Å². The summed E-state index contributed by atoms with van der Waals surface area (Å²) < 4.78 is 37.9. The Kier molecular flexibility index (Phi) is 4.97. The molecule has 126 valence electrons. The summed E-state index contributed by atoms with van der Waals surface area (Å²) in [5, 5.41) is 9.47. The van der Waals surface area contributed by atoms with Crippen molar-refractivity contribution in [2.75, 3.05) is 0 Å². The van der Waals surface area contributed by atoms with Crippen molar-refractivity contribution in [1.82, 2.24) is 4.90 Å². The number of alkyl halides is 3. The van der Waals surface area contributed by atoms with Crippen molar-refractivity contribution >= 4 is 11.9 Å². The molecule has 23 heavy (non-hydrogen) atoms. The minimum Gasteiger partial charge on any atom is -0.465 e. The highest BCUT2D eigenvalue weighted by molar-refractivity contribution is 5.83. The average molecular weight is 329 g/mol. The first-order valence-electron chi connectivity index (χ1n) is 7.44. The van der Waals surface area contributed by atoms with Gasteiger partial charge in [0.05, 0.1) is 11.6 Å². The van der Waals surface area contributed by atoms with Gasteiger partial charge in [0.2, 0.25) is 0 Å². The third-order valence-electron chi connectivity index (χ3n) is 4.08. The maximum absolute atomic E-state index is 12.6. The summed E-state index contributed by atoms with van der Waals surface area (Å²) in [4.78, 5) is 24.7. The third-order valence-corrected chi connectivity index (χ3v) is 4.08. The van der Waals surface area contributed by atoms with Crippen LogP contribution in [0.25, 0.3) is 0 Å². The van der Waals surface area contributed by atoms with Gasteiger partial charge in [-0.05, 0) is 24.1 Å². The Balaban J connectivity index is 2.33. The van der Waals surface area contributed by atoms with Crippen LogP contribution in [0, 0.1) is 0 Å². The zero-order chi connectivity index (χ0) is 17.2. The monoisotopic (exact) mass is 329 g/mol. The summed E-state index contributed by atoms with van der Waals surface area (Å²) >= 11 is 0. The molecule has 0 radical (unpaired) electrons. The van der Waals surface area contributed by atoms with E-state index >= 15 is 0 Å². The second kappa shape index (κ2) is 6.60. The van der Waals surface area contributed by atoms with Crippen LogP contribution in [0.4, 0.5) is 18.0 Å². The van der Waals surface area contributed by atoms with Gasteiger partial charge in [-0.2, -0.15) is 13.2 Å². The van der Waals surface area contributed by atoms with Crippen molar-refractivity contribution in [1.29, 1.82) is 0 Å². The van der Waals surface area contributed by atoms with Crippen LogP contribution in [0.5, 0.6) is 0 Å². The molecular formula is C16H18F3NO3. The highest BCUT2D eigenvalue weighted by Gasteiger charge is 2.38. The Bertz CT molecular complexity index is 583. The number of carbonyl (C=O) groups excluding carboxylic acids is 1. The lowest BCUT2D eigenvalue weighted by atomic mass is 9.88. The highest BCUT2D eigenvalue weighted by Crippen LogP contribution is 2.36. The smallest absolute Gasteiger partial charge is 0.416 e. The molecule has 0 spiro atoms. The topological polar surface area (TPSA) is 57.6 Å². The van der Waals surface area contributed by atoms with Crippen LogP contribution in [-0.4, -0.2) is 27.9 Å². The molecule has 0 aliphatic carbocycles. The van der Waals surface area contributed by atoms with E-state index in [2.05, 4.69) is 0 Å². The highest BCUT2D eigenvalue weighted by atomic mass is 19.4. The normalized spacial score (nSPS) is 22.3. The SMILES string of the molecule is CCCC1CC(=O)CC(c2ccc(C(F)(F)F)cc2)N1C(=O)O. The molecule has 1 amide bonds. The first-order chi connectivity index (χ1) is 10.7. The van der Waals surface area contributed by atoms with Crippen molar-refractivity contribution in [2.24, 2.45) is 0 Å². The summed E-state index contributed by atoms with van der Waals surface area (Å²) in [5.41, 5.74) is -0.384. The summed E-state index contributed by atoms with van der Waals surface area (Å²) in [6.07, 6.45) is -4.16. The summed E-state index contributed by atoms with van der Waals surface area (Å²) in [6, 6.07) is 3.20. The van der Waals surface area contributed by atoms with Gasteiger partial charge >= 0.3 is 12.3 Å². The van der Waals surface area contributed by atoms with Crippen molar-refractivity contribution in [3.05, 3.63) is 35.4 Å². The molecule has 7 heteroatoms. The van der Waals surface area contributed by atoms with Gasteiger partial charge in [0.15, 0.2) is 0 Å². The molecule has 1 saturated heterocycles. The Morgan fingerprint density at radius 1 is 1.26 bits per heavy atom. The molecular weight excluding hydrogens is 311 g/mol. The predicted octanol–water partition coefficient (Wildman–Crippen LogP) is 4.26. The third kappa shape index (κ3) is 3.83. The van der Waals surface area contributed by atoms with Crippen LogP contribution in [0.1, 0.15) is 49.8 Å². The van der Waals surface area contributed by atoms with Crippen molar-refractivity contribution in [3.63, 3.8) is 0 Å². The van der Waals surface area contributed by atoms with Gasteiger partial charge in [-0.25, -0.2) is 4.79 Å². The maximum Gasteiger partial charge on any atom is 0.416 e. The first-order valence-corrected chi connectivity index (χ1v) is 7.44.